The standard InChI is InChI=1S/C8H11/c1-2-5-8-6-3-4-7-8/h1-2,6H,3-5,7H2. The Labute approximate surface area is 50.9 Å². The minimum absolute atomic E-state index is 1.00. The van der Waals surface area contributed by atoms with E-state index in [1.54, 1.807) is 6.08 Å². The quantitative estimate of drug-likeness (QED) is 0.475. The van der Waals surface area contributed by atoms with Crippen molar-refractivity contribution in [2.75, 3.05) is 0 Å². The van der Waals surface area contributed by atoms with Crippen molar-refractivity contribution in [1.29, 1.82) is 0 Å². The van der Waals surface area contributed by atoms with Gasteiger partial charge in [-0.1, -0.05) is 24.3 Å². The summed E-state index contributed by atoms with van der Waals surface area (Å²) in [4.78, 5) is 0. The van der Waals surface area contributed by atoms with Crippen LogP contribution >= 0.6 is 0 Å². The van der Waals surface area contributed by atoms with Gasteiger partial charge in [0.2, 0.25) is 0 Å². The molecule has 0 amide bonds. The van der Waals surface area contributed by atoms with Gasteiger partial charge in [-0.25, -0.2) is 0 Å². The second-order valence-electron chi connectivity index (χ2n) is 2.19. The Morgan fingerprint density at radius 3 is 3.12 bits per heavy atom. The second kappa shape index (κ2) is 2.71. The maximum atomic E-state index is 5.24. The lowest BCUT2D eigenvalue weighted by Crippen LogP contribution is -1.70. The third kappa shape index (κ3) is 1.22. The Bertz CT molecular complexity index is 109. The van der Waals surface area contributed by atoms with Gasteiger partial charge in [-0.2, -0.15) is 0 Å². The highest BCUT2D eigenvalue weighted by molar-refractivity contribution is 5.09. The fourth-order valence-corrected chi connectivity index (χ4v) is 1.07. The van der Waals surface area contributed by atoms with Crippen LogP contribution in [0.5, 0.6) is 0 Å². The molecule has 0 atom stereocenters. The van der Waals surface area contributed by atoms with Gasteiger partial charge in [0, 0.05) is 0 Å². The van der Waals surface area contributed by atoms with Crippen molar-refractivity contribution in [2.24, 2.45) is 0 Å². The molecule has 0 heteroatoms. The van der Waals surface area contributed by atoms with E-state index in [1.165, 1.54) is 24.8 Å². The third-order valence-electron chi connectivity index (χ3n) is 1.52. The highest BCUT2D eigenvalue weighted by atomic mass is 14.1. The molecule has 0 aromatic carbocycles. The van der Waals surface area contributed by atoms with Crippen LogP contribution in [0.1, 0.15) is 25.7 Å². The molecule has 1 aliphatic carbocycles. The van der Waals surface area contributed by atoms with E-state index in [0.29, 0.717) is 0 Å². The van der Waals surface area contributed by atoms with Crippen LogP contribution in [0.2, 0.25) is 0 Å². The molecule has 0 spiro atoms. The average molecular weight is 107 g/mol. The van der Waals surface area contributed by atoms with Crippen LogP contribution in [0.15, 0.2) is 17.7 Å². The van der Waals surface area contributed by atoms with E-state index in [4.69, 9.17) is 6.58 Å². The fraction of sp³-hybridized carbons (Fsp3) is 0.500. The lowest BCUT2D eigenvalue weighted by Gasteiger charge is -1.90. The topological polar surface area (TPSA) is 0 Å². The molecular formula is C8H11. The maximum absolute atomic E-state index is 5.24. The summed E-state index contributed by atoms with van der Waals surface area (Å²) in [5.74, 6) is 0. The summed E-state index contributed by atoms with van der Waals surface area (Å²) >= 11 is 0. The van der Waals surface area contributed by atoms with Crippen molar-refractivity contribution < 1.29 is 0 Å². The summed E-state index contributed by atoms with van der Waals surface area (Å²) in [6.45, 7) is 5.24. The van der Waals surface area contributed by atoms with Crippen molar-refractivity contribution in [2.45, 2.75) is 25.7 Å². The van der Waals surface area contributed by atoms with Gasteiger partial charge in [-0.15, -0.1) is 0 Å². The second-order valence-corrected chi connectivity index (χ2v) is 2.19. The molecule has 0 bridgehead atoms. The molecule has 0 aromatic heterocycles. The first-order valence-electron chi connectivity index (χ1n) is 3.15. The summed E-state index contributed by atoms with van der Waals surface area (Å²) in [6, 6.07) is 0. The van der Waals surface area contributed by atoms with Gasteiger partial charge < -0.3 is 0 Å². The molecule has 0 heterocycles. The Morgan fingerprint density at radius 2 is 2.62 bits per heavy atom. The predicted octanol–water partition coefficient (Wildman–Crippen LogP) is 2.48. The Kier molecular flexibility index (Phi) is 1.90. The SMILES string of the molecule is [CH]=CCC1=CCCC1. The van der Waals surface area contributed by atoms with E-state index in [2.05, 4.69) is 6.08 Å². The molecule has 0 aliphatic heterocycles. The number of rotatable bonds is 2. The van der Waals surface area contributed by atoms with Crippen LogP contribution in [0.4, 0.5) is 0 Å². The summed E-state index contributed by atoms with van der Waals surface area (Å²) in [7, 11) is 0. The van der Waals surface area contributed by atoms with Crippen molar-refractivity contribution in [3.8, 4) is 0 Å². The zero-order valence-electron chi connectivity index (χ0n) is 5.06. The van der Waals surface area contributed by atoms with Crippen LogP contribution in [0, 0.1) is 6.58 Å². The van der Waals surface area contributed by atoms with Crippen molar-refractivity contribution in [3.63, 3.8) is 0 Å². The lowest BCUT2D eigenvalue weighted by atomic mass is 10.2. The Hall–Kier alpha value is -0.520. The Morgan fingerprint density at radius 1 is 1.75 bits per heavy atom. The average Bonchev–Trinajstić information content (AvgIpc) is 2.19. The predicted molar refractivity (Wildman–Crippen MR) is 35.4 cm³/mol. The molecule has 0 saturated carbocycles. The van der Waals surface area contributed by atoms with Crippen LogP contribution in [0.25, 0.3) is 0 Å². The van der Waals surface area contributed by atoms with Crippen LogP contribution in [0.3, 0.4) is 0 Å². The van der Waals surface area contributed by atoms with Gasteiger partial charge in [0.05, 0.1) is 0 Å². The molecule has 0 saturated heterocycles. The molecule has 0 nitrogen and oxygen atoms in total. The van der Waals surface area contributed by atoms with Gasteiger partial charge in [-0.05, 0) is 25.7 Å². The summed E-state index contributed by atoms with van der Waals surface area (Å²) in [5, 5.41) is 0. The van der Waals surface area contributed by atoms with Gasteiger partial charge in [0.1, 0.15) is 0 Å². The maximum Gasteiger partial charge on any atom is -0.0136 e. The van der Waals surface area contributed by atoms with Gasteiger partial charge in [0.25, 0.3) is 0 Å². The molecule has 8 heavy (non-hydrogen) atoms. The van der Waals surface area contributed by atoms with E-state index in [0.717, 1.165) is 6.42 Å². The minimum Gasteiger partial charge on any atom is -0.0850 e. The molecule has 0 N–H and O–H groups in total. The van der Waals surface area contributed by atoms with Crippen LogP contribution < -0.4 is 0 Å². The van der Waals surface area contributed by atoms with Crippen LogP contribution in [-0.2, 0) is 0 Å². The Balaban J connectivity index is 2.33. The largest absolute Gasteiger partial charge is 0.0850 e. The summed E-state index contributed by atoms with van der Waals surface area (Å²) in [5.41, 5.74) is 1.52. The molecule has 1 radical (unpaired) electrons. The first kappa shape index (κ1) is 5.61. The first-order valence-corrected chi connectivity index (χ1v) is 3.15. The first-order chi connectivity index (χ1) is 3.93. The van der Waals surface area contributed by atoms with E-state index < -0.39 is 0 Å². The zero-order valence-corrected chi connectivity index (χ0v) is 5.06. The molecule has 1 rings (SSSR count). The molecule has 1 aliphatic rings. The normalized spacial score (nSPS) is 18.2. The molecular weight excluding hydrogens is 96.1 g/mol. The van der Waals surface area contributed by atoms with Crippen molar-refractivity contribution >= 4 is 0 Å². The molecule has 0 unspecified atom stereocenters. The minimum atomic E-state index is 1.00. The van der Waals surface area contributed by atoms with Gasteiger partial charge >= 0.3 is 0 Å². The molecule has 43 valence electrons. The lowest BCUT2D eigenvalue weighted by molar-refractivity contribution is 0.893. The third-order valence-corrected chi connectivity index (χ3v) is 1.52. The summed E-state index contributed by atoms with van der Waals surface area (Å²) < 4.78 is 0. The van der Waals surface area contributed by atoms with Crippen molar-refractivity contribution in [3.05, 3.63) is 24.3 Å². The van der Waals surface area contributed by atoms with E-state index >= 15 is 0 Å². The van der Waals surface area contributed by atoms with E-state index in [9.17, 15) is 0 Å². The van der Waals surface area contributed by atoms with E-state index in [-0.39, 0.29) is 0 Å². The fourth-order valence-electron chi connectivity index (χ4n) is 1.07. The number of hydrogen-bond acceptors (Lipinski definition) is 0. The molecule has 0 fully saturated rings. The molecule has 0 aromatic rings. The van der Waals surface area contributed by atoms with Crippen LogP contribution in [-0.4, -0.2) is 0 Å². The number of allylic oxidation sites excluding steroid dienone is 3. The van der Waals surface area contributed by atoms with E-state index in [1.807, 2.05) is 0 Å². The smallest absolute Gasteiger partial charge is 0.0136 e. The van der Waals surface area contributed by atoms with Crippen molar-refractivity contribution in [1.82, 2.24) is 0 Å². The monoisotopic (exact) mass is 107 g/mol. The highest BCUT2D eigenvalue weighted by Gasteiger charge is 2.00. The zero-order chi connectivity index (χ0) is 5.82. The van der Waals surface area contributed by atoms with Gasteiger partial charge in [0.15, 0.2) is 0 Å². The number of hydrogen-bond donors (Lipinski definition) is 0. The highest BCUT2D eigenvalue weighted by Crippen LogP contribution is 2.19. The van der Waals surface area contributed by atoms with Gasteiger partial charge in [-0.3, -0.25) is 0 Å². The summed E-state index contributed by atoms with van der Waals surface area (Å²) in [6.07, 6.45) is 8.90.